The van der Waals surface area contributed by atoms with E-state index in [1.807, 2.05) is 0 Å². The molecule has 52 valence electrons. The van der Waals surface area contributed by atoms with Crippen molar-refractivity contribution in [2.24, 2.45) is 0 Å². The van der Waals surface area contributed by atoms with Crippen molar-refractivity contribution in [3.05, 3.63) is 0 Å². The van der Waals surface area contributed by atoms with Crippen molar-refractivity contribution in [3.63, 3.8) is 0 Å². The molecule has 0 aliphatic rings. The van der Waals surface area contributed by atoms with Crippen LogP contribution in [-0.2, 0) is 4.43 Å². The third kappa shape index (κ3) is 2.52. The van der Waals surface area contributed by atoms with Crippen molar-refractivity contribution in [1.29, 1.82) is 5.26 Å². The van der Waals surface area contributed by atoms with Crippen LogP contribution in [0.4, 0.5) is 0 Å². The van der Waals surface area contributed by atoms with Crippen molar-refractivity contribution < 1.29 is 4.43 Å². The highest BCUT2D eigenvalue weighted by atomic mass is 28.4. The van der Waals surface area contributed by atoms with E-state index < -0.39 is 8.32 Å². The minimum Gasteiger partial charge on any atom is -0.482 e. The Labute approximate surface area is 57.6 Å². The molecule has 0 bridgehead atoms. The molecule has 2 nitrogen and oxygen atoms in total. The van der Waals surface area contributed by atoms with Crippen molar-refractivity contribution >= 4 is 8.32 Å². The van der Waals surface area contributed by atoms with Gasteiger partial charge < -0.3 is 4.43 Å². The zero-order chi connectivity index (χ0) is 7.33. The van der Waals surface area contributed by atoms with E-state index in [9.17, 15) is 0 Å². The maximum absolute atomic E-state index is 8.23. The third-order valence-corrected chi connectivity index (χ3v) is 5.36. The number of rotatable bonds is 3. The second kappa shape index (κ2) is 3.52. The van der Waals surface area contributed by atoms with Crippen molar-refractivity contribution in [3.8, 4) is 6.26 Å². The van der Waals surface area contributed by atoms with Gasteiger partial charge in [0.2, 0.25) is 0 Å². The molecule has 3 heteroatoms. The second-order valence-corrected chi connectivity index (χ2v) is 6.87. The van der Waals surface area contributed by atoms with Crippen LogP contribution in [0.3, 0.4) is 0 Å². The molecule has 0 rings (SSSR count). The van der Waals surface area contributed by atoms with Crippen LogP contribution in [0.1, 0.15) is 13.8 Å². The van der Waals surface area contributed by atoms with Gasteiger partial charge in [0.25, 0.3) is 14.6 Å². The molecule has 0 aliphatic heterocycles. The van der Waals surface area contributed by atoms with Crippen molar-refractivity contribution in [2.75, 3.05) is 0 Å². The summed E-state index contributed by atoms with van der Waals surface area (Å²) in [6.45, 7) is 6.23. The lowest BCUT2D eigenvalue weighted by molar-refractivity contribution is 0.491. The predicted octanol–water partition coefficient (Wildman–Crippen LogP) is 2.10. The van der Waals surface area contributed by atoms with Gasteiger partial charge in [-0.25, -0.2) is 0 Å². The van der Waals surface area contributed by atoms with Gasteiger partial charge in [-0.3, -0.25) is 0 Å². The summed E-state index contributed by atoms with van der Waals surface area (Å²) in [5.41, 5.74) is 0. The minimum absolute atomic E-state index is 1.02. The fourth-order valence-corrected chi connectivity index (χ4v) is 1.51. The first kappa shape index (κ1) is 8.51. The quantitative estimate of drug-likeness (QED) is 0.447. The first-order chi connectivity index (χ1) is 4.18. The highest BCUT2D eigenvalue weighted by molar-refractivity contribution is 6.72. The first-order valence-corrected chi connectivity index (χ1v) is 6.08. The molecule has 0 fully saturated rings. The SMILES string of the molecule is CC[Si](C)(CC)OC#N. The summed E-state index contributed by atoms with van der Waals surface area (Å²) >= 11 is 0. The maximum Gasteiger partial charge on any atom is 0.271 e. The number of nitrogens with zero attached hydrogens (tertiary/aromatic N) is 1. The monoisotopic (exact) mass is 143 g/mol. The molecule has 0 N–H and O–H groups in total. The molecular formula is C6H13NOSi. The van der Waals surface area contributed by atoms with Gasteiger partial charge in [-0.1, -0.05) is 13.8 Å². The zero-order valence-corrected chi connectivity index (χ0v) is 7.27. The molecule has 0 amide bonds. The van der Waals surface area contributed by atoms with Gasteiger partial charge in [0, 0.05) is 0 Å². The maximum atomic E-state index is 8.23. The summed E-state index contributed by atoms with van der Waals surface area (Å²) in [6, 6.07) is 2.05. The Hall–Kier alpha value is -0.493. The molecule has 0 heterocycles. The average Bonchev–Trinajstić information content (AvgIpc) is 1.89. The fourth-order valence-electron chi connectivity index (χ4n) is 0.505. The van der Waals surface area contributed by atoms with Crippen LogP contribution < -0.4 is 0 Å². The van der Waals surface area contributed by atoms with Crippen LogP contribution in [0.25, 0.3) is 0 Å². The smallest absolute Gasteiger partial charge is 0.271 e. The predicted molar refractivity (Wildman–Crippen MR) is 39.3 cm³/mol. The summed E-state index contributed by atoms with van der Waals surface area (Å²) < 4.78 is 4.97. The Balaban J connectivity index is 3.80. The molecule has 0 unspecified atom stereocenters. The number of hydrogen-bond acceptors (Lipinski definition) is 2. The van der Waals surface area contributed by atoms with Crippen LogP contribution >= 0.6 is 0 Å². The Bertz CT molecular complexity index is 115. The van der Waals surface area contributed by atoms with Crippen LogP contribution in [0.5, 0.6) is 0 Å². The molecule has 0 aromatic rings. The highest BCUT2D eigenvalue weighted by Gasteiger charge is 2.25. The molecular weight excluding hydrogens is 130 g/mol. The largest absolute Gasteiger partial charge is 0.482 e. The Morgan fingerprint density at radius 1 is 1.44 bits per heavy atom. The normalized spacial score (nSPS) is 10.4. The lowest BCUT2D eigenvalue weighted by Gasteiger charge is -2.18. The van der Waals surface area contributed by atoms with Crippen molar-refractivity contribution in [1.82, 2.24) is 0 Å². The molecule has 0 radical (unpaired) electrons. The van der Waals surface area contributed by atoms with E-state index in [1.54, 1.807) is 6.26 Å². The summed E-state index contributed by atoms with van der Waals surface area (Å²) in [7, 11) is -1.56. The van der Waals surface area contributed by atoms with E-state index in [1.165, 1.54) is 0 Å². The van der Waals surface area contributed by atoms with E-state index in [-0.39, 0.29) is 0 Å². The standard InChI is InChI=1S/C6H13NOSi/c1-4-9(3,5-2)8-6-7/h4-5H2,1-3H3. The molecule has 9 heavy (non-hydrogen) atoms. The summed E-state index contributed by atoms with van der Waals surface area (Å²) in [4.78, 5) is 0. The molecule has 0 atom stereocenters. The van der Waals surface area contributed by atoms with Crippen LogP contribution in [0, 0.1) is 11.5 Å². The van der Waals surface area contributed by atoms with Gasteiger partial charge in [0.05, 0.1) is 0 Å². The zero-order valence-electron chi connectivity index (χ0n) is 6.27. The summed E-state index contributed by atoms with van der Waals surface area (Å²) in [5.74, 6) is 0. The molecule has 0 saturated heterocycles. The first-order valence-electron chi connectivity index (χ1n) is 3.25. The van der Waals surface area contributed by atoms with E-state index in [0.29, 0.717) is 0 Å². The van der Waals surface area contributed by atoms with Gasteiger partial charge >= 0.3 is 0 Å². The lowest BCUT2D eigenvalue weighted by Crippen LogP contribution is -2.30. The van der Waals surface area contributed by atoms with E-state index in [0.717, 1.165) is 12.1 Å². The van der Waals surface area contributed by atoms with Gasteiger partial charge in [0.15, 0.2) is 0 Å². The topological polar surface area (TPSA) is 33.0 Å². The van der Waals surface area contributed by atoms with Crippen molar-refractivity contribution in [2.45, 2.75) is 32.5 Å². The van der Waals surface area contributed by atoms with Crippen LogP contribution in [0.2, 0.25) is 18.6 Å². The van der Waals surface area contributed by atoms with E-state index >= 15 is 0 Å². The third-order valence-electron chi connectivity index (χ3n) is 1.79. The molecule has 0 aromatic carbocycles. The average molecular weight is 143 g/mol. The van der Waals surface area contributed by atoms with Crippen LogP contribution in [-0.4, -0.2) is 8.32 Å². The number of hydrogen-bond donors (Lipinski definition) is 0. The van der Waals surface area contributed by atoms with Crippen LogP contribution in [0.15, 0.2) is 0 Å². The summed E-state index contributed by atoms with van der Waals surface area (Å²) in [6.07, 6.45) is 1.77. The fraction of sp³-hybridized carbons (Fsp3) is 0.833. The molecule has 0 spiro atoms. The highest BCUT2D eigenvalue weighted by Crippen LogP contribution is 2.14. The van der Waals surface area contributed by atoms with Gasteiger partial charge in [-0.05, 0) is 18.6 Å². The van der Waals surface area contributed by atoms with E-state index in [2.05, 4.69) is 20.4 Å². The Morgan fingerprint density at radius 3 is 2.00 bits per heavy atom. The van der Waals surface area contributed by atoms with E-state index in [4.69, 9.17) is 9.69 Å². The molecule has 0 aromatic heterocycles. The molecule has 0 aliphatic carbocycles. The van der Waals surface area contributed by atoms with Gasteiger partial charge in [0.1, 0.15) is 0 Å². The minimum atomic E-state index is -1.56. The number of nitriles is 1. The molecule has 0 saturated carbocycles. The Morgan fingerprint density at radius 2 is 1.89 bits per heavy atom. The Kier molecular flexibility index (Phi) is 3.32. The lowest BCUT2D eigenvalue weighted by atomic mass is 10.9. The summed E-state index contributed by atoms with van der Waals surface area (Å²) in [5, 5.41) is 8.23. The van der Waals surface area contributed by atoms with Gasteiger partial charge in [-0.15, -0.1) is 0 Å². The second-order valence-electron chi connectivity index (χ2n) is 2.35. The van der Waals surface area contributed by atoms with Gasteiger partial charge in [-0.2, -0.15) is 5.26 Å².